The lowest BCUT2D eigenvalue weighted by molar-refractivity contribution is 0.401. The third-order valence-electron chi connectivity index (χ3n) is 3.11. The third-order valence-corrected chi connectivity index (χ3v) is 3.11. The van der Waals surface area contributed by atoms with E-state index in [1.807, 2.05) is 6.07 Å². The molecule has 0 nitrogen and oxygen atoms in total. The van der Waals surface area contributed by atoms with Gasteiger partial charge in [-0.1, -0.05) is 26.0 Å². The van der Waals surface area contributed by atoms with Crippen molar-refractivity contribution in [1.82, 2.24) is 0 Å². The normalized spacial score (nSPS) is 20.8. The van der Waals surface area contributed by atoms with Crippen LogP contribution in [0, 0.1) is 17.7 Å². The Bertz CT molecular complexity index is 315. The SMILES string of the molecule is CC(C)C1Cc2cccc(F)c2C1. The Morgan fingerprint density at radius 1 is 1.31 bits per heavy atom. The molecule has 1 aliphatic carbocycles. The van der Waals surface area contributed by atoms with Crippen molar-refractivity contribution in [3.05, 3.63) is 35.1 Å². The molecule has 0 saturated heterocycles. The molecule has 0 fully saturated rings. The number of hydrogen-bond donors (Lipinski definition) is 0. The van der Waals surface area contributed by atoms with E-state index in [0.717, 1.165) is 18.4 Å². The van der Waals surface area contributed by atoms with Crippen LogP contribution >= 0.6 is 0 Å². The standard InChI is InChI=1S/C12H15F/c1-8(2)10-6-9-4-3-5-12(13)11(9)7-10/h3-5,8,10H,6-7H2,1-2H3. The van der Waals surface area contributed by atoms with Crippen LogP contribution in [0.1, 0.15) is 25.0 Å². The molecule has 0 amide bonds. The van der Waals surface area contributed by atoms with Gasteiger partial charge >= 0.3 is 0 Å². The molecule has 1 heteroatoms. The maximum Gasteiger partial charge on any atom is 0.126 e. The van der Waals surface area contributed by atoms with Crippen LogP contribution in [0.2, 0.25) is 0 Å². The smallest absolute Gasteiger partial charge is 0.126 e. The van der Waals surface area contributed by atoms with Crippen molar-refractivity contribution >= 4 is 0 Å². The lowest BCUT2D eigenvalue weighted by Crippen LogP contribution is -2.07. The Morgan fingerprint density at radius 2 is 2.08 bits per heavy atom. The Kier molecular flexibility index (Phi) is 2.10. The van der Waals surface area contributed by atoms with Gasteiger partial charge in [-0.25, -0.2) is 4.39 Å². The van der Waals surface area contributed by atoms with Crippen molar-refractivity contribution in [2.45, 2.75) is 26.7 Å². The summed E-state index contributed by atoms with van der Waals surface area (Å²) in [6.45, 7) is 4.43. The van der Waals surface area contributed by atoms with E-state index in [4.69, 9.17) is 0 Å². The van der Waals surface area contributed by atoms with Crippen molar-refractivity contribution in [2.75, 3.05) is 0 Å². The van der Waals surface area contributed by atoms with Gasteiger partial charge in [0.2, 0.25) is 0 Å². The summed E-state index contributed by atoms with van der Waals surface area (Å²) >= 11 is 0. The first kappa shape index (κ1) is 8.74. The fourth-order valence-corrected chi connectivity index (χ4v) is 2.11. The van der Waals surface area contributed by atoms with E-state index in [1.54, 1.807) is 6.07 Å². The van der Waals surface area contributed by atoms with Gasteiger partial charge in [-0.2, -0.15) is 0 Å². The molecule has 0 heterocycles. The summed E-state index contributed by atoms with van der Waals surface area (Å²) in [5.74, 6) is 1.29. The van der Waals surface area contributed by atoms with Crippen molar-refractivity contribution in [3.8, 4) is 0 Å². The summed E-state index contributed by atoms with van der Waals surface area (Å²) in [7, 11) is 0. The van der Waals surface area contributed by atoms with Gasteiger partial charge in [-0.3, -0.25) is 0 Å². The monoisotopic (exact) mass is 178 g/mol. The minimum atomic E-state index is -0.0133. The number of rotatable bonds is 1. The Hall–Kier alpha value is -0.850. The van der Waals surface area contributed by atoms with Crippen molar-refractivity contribution in [1.29, 1.82) is 0 Å². The van der Waals surface area contributed by atoms with Gasteiger partial charge in [0.1, 0.15) is 5.82 Å². The van der Waals surface area contributed by atoms with Crippen LogP contribution in [-0.2, 0) is 12.8 Å². The van der Waals surface area contributed by atoms with Gasteiger partial charge < -0.3 is 0 Å². The maximum absolute atomic E-state index is 13.3. The van der Waals surface area contributed by atoms with E-state index in [0.29, 0.717) is 11.8 Å². The van der Waals surface area contributed by atoms with Gasteiger partial charge in [0.15, 0.2) is 0 Å². The lowest BCUT2D eigenvalue weighted by Gasteiger charge is -2.12. The molecule has 1 unspecified atom stereocenters. The molecule has 70 valence electrons. The molecule has 0 radical (unpaired) electrons. The topological polar surface area (TPSA) is 0 Å². The summed E-state index contributed by atoms with van der Waals surface area (Å²) in [4.78, 5) is 0. The highest BCUT2D eigenvalue weighted by Gasteiger charge is 2.25. The molecular formula is C12H15F. The predicted molar refractivity (Wildman–Crippen MR) is 52.1 cm³/mol. The second-order valence-electron chi connectivity index (χ2n) is 4.29. The summed E-state index contributed by atoms with van der Waals surface area (Å²) in [5, 5.41) is 0. The molecular weight excluding hydrogens is 163 g/mol. The first-order valence-electron chi connectivity index (χ1n) is 4.94. The van der Waals surface area contributed by atoms with Crippen LogP contribution in [-0.4, -0.2) is 0 Å². The first-order chi connectivity index (χ1) is 6.18. The highest BCUT2D eigenvalue weighted by molar-refractivity contribution is 5.33. The summed E-state index contributed by atoms with van der Waals surface area (Å²) in [5.41, 5.74) is 2.18. The van der Waals surface area contributed by atoms with Gasteiger partial charge in [-0.15, -0.1) is 0 Å². The summed E-state index contributed by atoms with van der Waals surface area (Å²) in [6, 6.07) is 5.44. The van der Waals surface area contributed by atoms with E-state index in [-0.39, 0.29) is 5.82 Å². The zero-order chi connectivity index (χ0) is 9.42. The third kappa shape index (κ3) is 1.48. The minimum Gasteiger partial charge on any atom is -0.207 e. The van der Waals surface area contributed by atoms with Crippen LogP contribution in [0.25, 0.3) is 0 Å². The van der Waals surface area contributed by atoms with Crippen LogP contribution in [0.4, 0.5) is 4.39 Å². The Balaban J connectivity index is 2.30. The second kappa shape index (κ2) is 3.13. The molecule has 0 bridgehead atoms. The fraction of sp³-hybridized carbons (Fsp3) is 0.500. The highest BCUT2D eigenvalue weighted by Crippen LogP contribution is 2.32. The average molecular weight is 178 g/mol. The molecule has 1 aliphatic rings. The largest absolute Gasteiger partial charge is 0.207 e. The number of hydrogen-bond acceptors (Lipinski definition) is 0. The number of halogens is 1. The molecule has 0 N–H and O–H groups in total. The Labute approximate surface area is 78.8 Å². The molecule has 0 aliphatic heterocycles. The van der Waals surface area contributed by atoms with E-state index in [1.165, 1.54) is 5.56 Å². The van der Waals surface area contributed by atoms with Crippen molar-refractivity contribution < 1.29 is 4.39 Å². The van der Waals surface area contributed by atoms with E-state index in [2.05, 4.69) is 19.9 Å². The molecule has 1 atom stereocenters. The second-order valence-corrected chi connectivity index (χ2v) is 4.29. The zero-order valence-corrected chi connectivity index (χ0v) is 8.18. The molecule has 1 aromatic rings. The van der Waals surface area contributed by atoms with Crippen molar-refractivity contribution in [2.24, 2.45) is 11.8 Å². The highest BCUT2D eigenvalue weighted by atomic mass is 19.1. The van der Waals surface area contributed by atoms with E-state index < -0.39 is 0 Å². The summed E-state index contributed by atoms with van der Waals surface area (Å²) in [6.07, 6.45) is 1.99. The van der Waals surface area contributed by atoms with E-state index in [9.17, 15) is 4.39 Å². The van der Waals surface area contributed by atoms with Gasteiger partial charge in [0.25, 0.3) is 0 Å². The average Bonchev–Trinajstić information content (AvgIpc) is 2.49. The molecule has 2 rings (SSSR count). The summed E-state index contributed by atoms with van der Waals surface area (Å²) < 4.78 is 13.3. The van der Waals surface area contributed by atoms with E-state index >= 15 is 0 Å². The van der Waals surface area contributed by atoms with Crippen molar-refractivity contribution in [3.63, 3.8) is 0 Å². The van der Waals surface area contributed by atoms with Crippen LogP contribution in [0.3, 0.4) is 0 Å². The molecule has 0 saturated carbocycles. The van der Waals surface area contributed by atoms with Gasteiger partial charge in [0.05, 0.1) is 0 Å². The molecule has 1 aromatic carbocycles. The van der Waals surface area contributed by atoms with Crippen LogP contribution < -0.4 is 0 Å². The van der Waals surface area contributed by atoms with Crippen LogP contribution in [0.15, 0.2) is 18.2 Å². The number of fused-ring (bicyclic) bond motifs is 1. The zero-order valence-electron chi connectivity index (χ0n) is 8.18. The molecule has 13 heavy (non-hydrogen) atoms. The van der Waals surface area contributed by atoms with Gasteiger partial charge in [0, 0.05) is 0 Å². The molecule has 0 spiro atoms. The predicted octanol–water partition coefficient (Wildman–Crippen LogP) is 3.20. The van der Waals surface area contributed by atoms with Gasteiger partial charge in [-0.05, 0) is 41.9 Å². The molecule has 0 aromatic heterocycles. The fourth-order valence-electron chi connectivity index (χ4n) is 2.11. The maximum atomic E-state index is 13.3. The van der Waals surface area contributed by atoms with Crippen LogP contribution in [0.5, 0.6) is 0 Å². The Morgan fingerprint density at radius 3 is 2.69 bits per heavy atom. The first-order valence-corrected chi connectivity index (χ1v) is 4.94. The quantitative estimate of drug-likeness (QED) is 0.619. The minimum absolute atomic E-state index is 0.0133. The lowest BCUT2D eigenvalue weighted by atomic mass is 9.93. The number of benzene rings is 1.